The summed E-state index contributed by atoms with van der Waals surface area (Å²) in [6.45, 7) is 14.5. The van der Waals surface area contributed by atoms with Gasteiger partial charge in [0.1, 0.15) is 11.4 Å². The van der Waals surface area contributed by atoms with Crippen LogP contribution in [0.2, 0.25) is 0 Å². The highest BCUT2D eigenvalue weighted by Gasteiger charge is 2.33. The summed E-state index contributed by atoms with van der Waals surface area (Å²) in [4.78, 5) is 12.8. The molecule has 142 valence electrons. The normalized spacial score (nSPS) is 13.6. The van der Waals surface area contributed by atoms with Gasteiger partial charge in [-0.15, -0.1) is 0 Å². The predicted octanol–water partition coefficient (Wildman–Crippen LogP) is 5.40. The van der Waals surface area contributed by atoms with Crippen LogP contribution in [0.25, 0.3) is 0 Å². The molecule has 0 fully saturated rings. The van der Waals surface area contributed by atoms with Crippen molar-refractivity contribution in [2.75, 3.05) is 11.9 Å². The number of unbranched alkanes of at least 4 members (excludes halogenated alkanes) is 2. The van der Waals surface area contributed by atoms with E-state index in [2.05, 4.69) is 12.2 Å². The highest BCUT2D eigenvalue weighted by atomic mass is 16.5. The fourth-order valence-corrected chi connectivity index (χ4v) is 2.99. The second-order valence-electron chi connectivity index (χ2n) is 7.18. The first-order chi connectivity index (χ1) is 11.7. The highest BCUT2D eigenvalue weighted by molar-refractivity contribution is 5.97. The first-order valence-corrected chi connectivity index (χ1v) is 9.46. The molecule has 25 heavy (non-hydrogen) atoms. The summed E-state index contributed by atoms with van der Waals surface area (Å²) in [6, 6.07) is 3.92. The zero-order chi connectivity index (χ0) is 19.0. The van der Waals surface area contributed by atoms with Crippen molar-refractivity contribution in [2.45, 2.75) is 85.9 Å². The minimum atomic E-state index is -0.793. The van der Waals surface area contributed by atoms with Crippen LogP contribution in [0.4, 0.5) is 5.69 Å². The molecule has 1 N–H and O–H groups in total. The first-order valence-electron chi connectivity index (χ1n) is 9.46. The van der Waals surface area contributed by atoms with Crippen molar-refractivity contribution in [2.24, 2.45) is 0 Å². The number of hydrogen-bond donors (Lipinski definition) is 1. The molecule has 4 heteroatoms. The topological polar surface area (TPSA) is 47.6 Å². The third kappa shape index (κ3) is 6.35. The second-order valence-corrected chi connectivity index (χ2v) is 7.18. The molecule has 0 bridgehead atoms. The molecule has 0 unspecified atom stereocenters. The SMILES string of the molecule is CCCCC[C@@](C)(OCC)C(=O)Nc1cc(C)c(OC(C)C)c(C)c1. The molecule has 1 amide bonds. The molecular weight excluding hydrogens is 314 g/mol. The average Bonchev–Trinajstić information content (AvgIpc) is 2.51. The molecule has 0 aliphatic carbocycles. The van der Waals surface area contributed by atoms with E-state index in [1.54, 1.807) is 0 Å². The van der Waals surface area contributed by atoms with E-state index in [9.17, 15) is 4.79 Å². The molecule has 0 saturated heterocycles. The van der Waals surface area contributed by atoms with Gasteiger partial charge >= 0.3 is 0 Å². The van der Waals surface area contributed by atoms with Crippen LogP contribution in [-0.4, -0.2) is 24.2 Å². The summed E-state index contributed by atoms with van der Waals surface area (Å²) in [6.07, 6.45) is 4.07. The van der Waals surface area contributed by atoms with Gasteiger partial charge in [0.15, 0.2) is 0 Å². The zero-order valence-electron chi connectivity index (χ0n) is 17.0. The highest BCUT2D eigenvalue weighted by Crippen LogP contribution is 2.29. The number of aryl methyl sites for hydroxylation is 2. The van der Waals surface area contributed by atoms with Crippen LogP contribution in [0, 0.1) is 13.8 Å². The average molecular weight is 350 g/mol. The predicted molar refractivity (Wildman–Crippen MR) is 104 cm³/mol. The fourth-order valence-electron chi connectivity index (χ4n) is 2.99. The van der Waals surface area contributed by atoms with Gasteiger partial charge in [-0.05, 0) is 71.2 Å². The number of benzene rings is 1. The Balaban J connectivity index is 2.93. The van der Waals surface area contributed by atoms with E-state index in [4.69, 9.17) is 9.47 Å². The van der Waals surface area contributed by atoms with Crippen molar-refractivity contribution < 1.29 is 14.3 Å². The van der Waals surface area contributed by atoms with E-state index in [-0.39, 0.29) is 12.0 Å². The van der Waals surface area contributed by atoms with Gasteiger partial charge < -0.3 is 14.8 Å². The second kappa shape index (κ2) is 9.81. The van der Waals surface area contributed by atoms with Crippen molar-refractivity contribution in [1.82, 2.24) is 0 Å². The Bertz CT molecular complexity index is 545. The number of nitrogens with one attached hydrogen (secondary N) is 1. The summed E-state index contributed by atoms with van der Waals surface area (Å²) in [5.41, 5.74) is 2.04. The van der Waals surface area contributed by atoms with Crippen LogP contribution in [0.1, 0.15) is 71.4 Å². The lowest BCUT2D eigenvalue weighted by atomic mass is 9.96. The maximum absolute atomic E-state index is 12.8. The first kappa shape index (κ1) is 21.5. The van der Waals surface area contributed by atoms with Gasteiger partial charge in [-0.25, -0.2) is 0 Å². The van der Waals surface area contributed by atoms with E-state index >= 15 is 0 Å². The Morgan fingerprint density at radius 1 is 1.16 bits per heavy atom. The molecule has 0 heterocycles. The maximum Gasteiger partial charge on any atom is 0.256 e. The van der Waals surface area contributed by atoms with Crippen LogP contribution >= 0.6 is 0 Å². The molecular formula is C21H35NO3. The molecule has 0 saturated carbocycles. The molecule has 1 atom stereocenters. The number of amides is 1. The third-order valence-corrected chi connectivity index (χ3v) is 4.27. The number of hydrogen-bond acceptors (Lipinski definition) is 3. The molecule has 1 aromatic carbocycles. The monoisotopic (exact) mass is 349 g/mol. The summed E-state index contributed by atoms with van der Waals surface area (Å²) >= 11 is 0. The number of ether oxygens (including phenoxy) is 2. The lowest BCUT2D eigenvalue weighted by Gasteiger charge is -2.28. The Kier molecular flexibility index (Phi) is 8.43. The van der Waals surface area contributed by atoms with Crippen LogP contribution in [-0.2, 0) is 9.53 Å². The van der Waals surface area contributed by atoms with E-state index in [0.29, 0.717) is 6.61 Å². The Hall–Kier alpha value is -1.55. The Morgan fingerprint density at radius 3 is 2.24 bits per heavy atom. The molecule has 1 aromatic rings. The van der Waals surface area contributed by atoms with Crippen molar-refractivity contribution in [1.29, 1.82) is 0 Å². The minimum absolute atomic E-state index is 0.0817. The molecule has 0 aliphatic heterocycles. The van der Waals surface area contributed by atoms with Gasteiger partial charge in [0, 0.05) is 12.3 Å². The number of anilines is 1. The summed E-state index contributed by atoms with van der Waals surface area (Å²) in [5.74, 6) is 0.810. The fraction of sp³-hybridized carbons (Fsp3) is 0.667. The summed E-state index contributed by atoms with van der Waals surface area (Å²) in [7, 11) is 0. The summed E-state index contributed by atoms with van der Waals surface area (Å²) in [5, 5.41) is 3.04. The van der Waals surface area contributed by atoms with Crippen molar-refractivity contribution in [3.63, 3.8) is 0 Å². The number of rotatable bonds is 10. The van der Waals surface area contributed by atoms with E-state index in [1.807, 2.05) is 53.7 Å². The van der Waals surface area contributed by atoms with Crippen LogP contribution < -0.4 is 10.1 Å². The molecule has 0 spiro atoms. The third-order valence-electron chi connectivity index (χ3n) is 4.27. The summed E-state index contributed by atoms with van der Waals surface area (Å²) < 4.78 is 11.7. The molecule has 0 aromatic heterocycles. The van der Waals surface area contributed by atoms with Crippen LogP contribution in [0.5, 0.6) is 5.75 Å². The zero-order valence-corrected chi connectivity index (χ0v) is 17.0. The van der Waals surface area contributed by atoms with Crippen molar-refractivity contribution >= 4 is 11.6 Å². The Labute approximate surface area is 153 Å². The maximum atomic E-state index is 12.8. The van der Waals surface area contributed by atoms with Gasteiger partial charge in [0.2, 0.25) is 0 Å². The van der Waals surface area contributed by atoms with Crippen molar-refractivity contribution in [3.05, 3.63) is 23.3 Å². The van der Waals surface area contributed by atoms with Crippen LogP contribution in [0.3, 0.4) is 0 Å². The largest absolute Gasteiger partial charge is 0.490 e. The Morgan fingerprint density at radius 2 is 1.76 bits per heavy atom. The molecule has 1 rings (SSSR count). The standard InChI is InChI=1S/C21H35NO3/c1-8-10-11-12-21(7,24-9-2)20(23)22-18-13-16(5)19(17(6)14-18)25-15(3)4/h13-15H,8-12H2,1-7H3,(H,22,23)/t21-/m1/s1. The van der Waals surface area contributed by atoms with Gasteiger partial charge in [-0.3, -0.25) is 4.79 Å². The van der Waals surface area contributed by atoms with E-state index in [0.717, 1.165) is 48.2 Å². The minimum Gasteiger partial charge on any atom is -0.490 e. The van der Waals surface area contributed by atoms with Gasteiger partial charge in [-0.2, -0.15) is 0 Å². The number of carbonyl (C=O) groups is 1. The lowest BCUT2D eigenvalue weighted by molar-refractivity contribution is -0.139. The van der Waals surface area contributed by atoms with Gasteiger partial charge in [-0.1, -0.05) is 26.2 Å². The smallest absolute Gasteiger partial charge is 0.256 e. The number of carbonyl (C=O) groups excluding carboxylic acids is 1. The quantitative estimate of drug-likeness (QED) is 0.575. The van der Waals surface area contributed by atoms with E-state index in [1.165, 1.54) is 0 Å². The lowest BCUT2D eigenvalue weighted by Crippen LogP contribution is -2.42. The van der Waals surface area contributed by atoms with Gasteiger partial charge in [0.25, 0.3) is 5.91 Å². The van der Waals surface area contributed by atoms with E-state index < -0.39 is 5.60 Å². The molecule has 4 nitrogen and oxygen atoms in total. The molecule has 0 aliphatic rings. The van der Waals surface area contributed by atoms with Gasteiger partial charge in [0.05, 0.1) is 6.10 Å². The molecule has 0 radical (unpaired) electrons. The van der Waals surface area contributed by atoms with Crippen molar-refractivity contribution in [3.8, 4) is 5.75 Å². The van der Waals surface area contributed by atoms with Crippen LogP contribution in [0.15, 0.2) is 12.1 Å².